The van der Waals surface area contributed by atoms with Crippen LogP contribution < -0.4 is 14.9 Å². The standard InChI is InChI=1S/C18H20N2O3/c1-13(2)23-15-8-6-7-14(11-15)12-19-20-18(21)16-9-4-5-10-17(16)22-3/h4-13H,1-3H3,(H,20,21)/b19-12+. The van der Waals surface area contributed by atoms with Crippen LogP contribution in [0, 0.1) is 0 Å². The van der Waals surface area contributed by atoms with Crippen molar-refractivity contribution in [2.75, 3.05) is 7.11 Å². The molecule has 120 valence electrons. The fourth-order valence-electron chi connectivity index (χ4n) is 2.00. The molecule has 5 nitrogen and oxygen atoms in total. The summed E-state index contributed by atoms with van der Waals surface area (Å²) < 4.78 is 10.8. The van der Waals surface area contributed by atoms with Crippen LogP contribution in [-0.2, 0) is 0 Å². The molecule has 23 heavy (non-hydrogen) atoms. The summed E-state index contributed by atoms with van der Waals surface area (Å²) in [6.07, 6.45) is 1.67. The van der Waals surface area contributed by atoms with Crippen molar-refractivity contribution in [3.05, 3.63) is 59.7 Å². The van der Waals surface area contributed by atoms with E-state index in [0.717, 1.165) is 11.3 Å². The van der Waals surface area contributed by atoms with Gasteiger partial charge in [0.05, 0.1) is 25.0 Å². The van der Waals surface area contributed by atoms with Crippen LogP contribution in [0.25, 0.3) is 0 Å². The molecule has 0 aromatic heterocycles. The van der Waals surface area contributed by atoms with Crippen LogP contribution in [0.15, 0.2) is 53.6 Å². The molecule has 0 radical (unpaired) electrons. The third-order valence-electron chi connectivity index (χ3n) is 2.96. The maximum atomic E-state index is 12.1. The van der Waals surface area contributed by atoms with Gasteiger partial charge in [0.1, 0.15) is 11.5 Å². The van der Waals surface area contributed by atoms with Gasteiger partial charge in [0, 0.05) is 0 Å². The summed E-state index contributed by atoms with van der Waals surface area (Å²) in [7, 11) is 1.52. The zero-order valence-electron chi connectivity index (χ0n) is 13.4. The highest BCUT2D eigenvalue weighted by molar-refractivity contribution is 5.97. The number of para-hydroxylation sites is 1. The monoisotopic (exact) mass is 312 g/mol. The first-order chi connectivity index (χ1) is 11.1. The lowest BCUT2D eigenvalue weighted by Crippen LogP contribution is -2.18. The zero-order chi connectivity index (χ0) is 16.7. The maximum absolute atomic E-state index is 12.1. The smallest absolute Gasteiger partial charge is 0.275 e. The van der Waals surface area contributed by atoms with Gasteiger partial charge in [0.25, 0.3) is 5.91 Å². The van der Waals surface area contributed by atoms with Gasteiger partial charge in [-0.25, -0.2) is 5.43 Å². The van der Waals surface area contributed by atoms with Gasteiger partial charge in [-0.05, 0) is 43.7 Å². The number of hydrazone groups is 1. The van der Waals surface area contributed by atoms with E-state index in [9.17, 15) is 4.79 Å². The van der Waals surface area contributed by atoms with Gasteiger partial charge < -0.3 is 9.47 Å². The van der Waals surface area contributed by atoms with Gasteiger partial charge in [-0.2, -0.15) is 5.10 Å². The summed E-state index contributed by atoms with van der Waals surface area (Å²) in [6, 6.07) is 14.5. The van der Waals surface area contributed by atoms with E-state index >= 15 is 0 Å². The minimum absolute atomic E-state index is 0.104. The number of carbonyl (C=O) groups excluding carboxylic acids is 1. The number of rotatable bonds is 6. The Kier molecular flexibility index (Phi) is 5.74. The quantitative estimate of drug-likeness (QED) is 0.658. The SMILES string of the molecule is COc1ccccc1C(=O)N/N=C/c1cccc(OC(C)C)c1. The lowest BCUT2D eigenvalue weighted by molar-refractivity contribution is 0.0952. The van der Waals surface area contributed by atoms with Gasteiger partial charge in [-0.15, -0.1) is 0 Å². The predicted octanol–water partition coefficient (Wildman–Crippen LogP) is 3.25. The largest absolute Gasteiger partial charge is 0.496 e. The molecule has 2 aromatic carbocycles. The van der Waals surface area contributed by atoms with Gasteiger partial charge in [0.15, 0.2) is 0 Å². The Balaban J connectivity index is 2.02. The molecule has 0 unspecified atom stereocenters. The predicted molar refractivity (Wildman–Crippen MR) is 90.3 cm³/mol. The van der Waals surface area contributed by atoms with Crippen LogP contribution in [0.5, 0.6) is 11.5 Å². The van der Waals surface area contributed by atoms with Gasteiger partial charge in [-0.3, -0.25) is 4.79 Å². The lowest BCUT2D eigenvalue weighted by Gasteiger charge is -2.09. The highest BCUT2D eigenvalue weighted by Crippen LogP contribution is 2.17. The molecule has 5 heteroatoms. The molecule has 0 aliphatic rings. The molecule has 0 aliphatic carbocycles. The summed E-state index contributed by atoms with van der Waals surface area (Å²) in [6.45, 7) is 3.93. The highest BCUT2D eigenvalue weighted by atomic mass is 16.5. The van der Waals surface area contributed by atoms with Crippen LogP contribution >= 0.6 is 0 Å². The van der Waals surface area contributed by atoms with Crippen molar-refractivity contribution in [1.82, 2.24) is 5.43 Å². The van der Waals surface area contributed by atoms with Gasteiger partial charge in [-0.1, -0.05) is 24.3 Å². The molecular weight excluding hydrogens is 292 g/mol. The first kappa shape index (κ1) is 16.5. The number of hydrogen-bond donors (Lipinski definition) is 1. The third kappa shape index (κ3) is 4.85. The minimum atomic E-state index is -0.326. The molecule has 0 heterocycles. The molecule has 1 amide bonds. The second-order valence-corrected chi connectivity index (χ2v) is 5.14. The molecule has 0 atom stereocenters. The van der Waals surface area contributed by atoms with Gasteiger partial charge in [0.2, 0.25) is 0 Å². The second-order valence-electron chi connectivity index (χ2n) is 5.14. The third-order valence-corrected chi connectivity index (χ3v) is 2.96. The van der Waals surface area contributed by atoms with E-state index in [2.05, 4.69) is 10.5 Å². The Hall–Kier alpha value is -2.82. The molecule has 0 saturated heterocycles. The van der Waals surface area contributed by atoms with E-state index in [4.69, 9.17) is 9.47 Å². The van der Waals surface area contributed by atoms with Crippen molar-refractivity contribution in [1.29, 1.82) is 0 Å². The number of methoxy groups -OCH3 is 1. The van der Waals surface area contributed by atoms with Crippen LogP contribution in [0.3, 0.4) is 0 Å². The minimum Gasteiger partial charge on any atom is -0.496 e. The van der Waals surface area contributed by atoms with Crippen LogP contribution in [0.2, 0.25) is 0 Å². The van der Waals surface area contributed by atoms with E-state index in [1.807, 2.05) is 38.1 Å². The Bertz CT molecular complexity index is 696. The number of benzene rings is 2. The summed E-state index contributed by atoms with van der Waals surface area (Å²) in [5.74, 6) is 0.945. The van der Waals surface area contributed by atoms with E-state index in [0.29, 0.717) is 11.3 Å². The first-order valence-electron chi connectivity index (χ1n) is 7.33. The van der Waals surface area contributed by atoms with E-state index in [-0.39, 0.29) is 12.0 Å². The van der Waals surface area contributed by atoms with Crippen molar-refractivity contribution in [2.24, 2.45) is 5.10 Å². The molecule has 2 rings (SSSR count). The van der Waals surface area contributed by atoms with Crippen molar-refractivity contribution < 1.29 is 14.3 Å². The average Bonchev–Trinajstić information content (AvgIpc) is 2.54. The summed E-state index contributed by atoms with van der Waals surface area (Å²) >= 11 is 0. The number of nitrogens with zero attached hydrogens (tertiary/aromatic N) is 1. The summed E-state index contributed by atoms with van der Waals surface area (Å²) in [4.78, 5) is 12.1. The molecule has 1 N–H and O–H groups in total. The average molecular weight is 312 g/mol. The molecule has 0 aliphatic heterocycles. The first-order valence-corrected chi connectivity index (χ1v) is 7.33. The molecule has 0 saturated carbocycles. The molecule has 0 spiro atoms. The Morgan fingerprint density at radius 2 is 1.96 bits per heavy atom. The van der Waals surface area contributed by atoms with Crippen LogP contribution in [0.4, 0.5) is 0 Å². The molecule has 2 aromatic rings. The summed E-state index contributed by atoms with van der Waals surface area (Å²) in [5, 5.41) is 3.98. The fraction of sp³-hybridized carbons (Fsp3) is 0.222. The highest BCUT2D eigenvalue weighted by Gasteiger charge is 2.09. The number of amides is 1. The van der Waals surface area contributed by atoms with Crippen molar-refractivity contribution in [2.45, 2.75) is 20.0 Å². The Morgan fingerprint density at radius 3 is 2.70 bits per heavy atom. The Morgan fingerprint density at radius 1 is 1.17 bits per heavy atom. The van der Waals surface area contributed by atoms with Crippen molar-refractivity contribution >= 4 is 12.1 Å². The van der Waals surface area contributed by atoms with Crippen molar-refractivity contribution in [3.8, 4) is 11.5 Å². The zero-order valence-corrected chi connectivity index (χ0v) is 13.4. The van der Waals surface area contributed by atoms with E-state index in [1.165, 1.54) is 7.11 Å². The molecular formula is C18H20N2O3. The van der Waals surface area contributed by atoms with Crippen molar-refractivity contribution in [3.63, 3.8) is 0 Å². The van der Waals surface area contributed by atoms with Crippen LogP contribution in [-0.4, -0.2) is 25.3 Å². The lowest BCUT2D eigenvalue weighted by atomic mass is 10.2. The maximum Gasteiger partial charge on any atom is 0.275 e. The molecule has 0 bridgehead atoms. The number of ether oxygens (including phenoxy) is 2. The normalized spacial score (nSPS) is 10.8. The van der Waals surface area contributed by atoms with E-state index < -0.39 is 0 Å². The molecule has 0 fully saturated rings. The summed E-state index contributed by atoms with van der Waals surface area (Å²) in [5.41, 5.74) is 3.76. The van der Waals surface area contributed by atoms with Crippen LogP contribution in [0.1, 0.15) is 29.8 Å². The second kappa shape index (κ2) is 7.98. The number of hydrogen-bond acceptors (Lipinski definition) is 4. The number of nitrogens with one attached hydrogen (secondary N) is 1. The van der Waals surface area contributed by atoms with Gasteiger partial charge >= 0.3 is 0 Å². The fourth-order valence-corrected chi connectivity index (χ4v) is 2.00. The number of carbonyl (C=O) groups is 1. The van der Waals surface area contributed by atoms with E-state index in [1.54, 1.807) is 30.5 Å². The Labute approximate surface area is 135 Å². The topological polar surface area (TPSA) is 59.9 Å².